The molecule has 0 spiro atoms. The van der Waals surface area contributed by atoms with Crippen molar-refractivity contribution in [3.63, 3.8) is 0 Å². The molecule has 4 nitrogen and oxygen atoms in total. The highest BCUT2D eigenvalue weighted by molar-refractivity contribution is 5.78. The summed E-state index contributed by atoms with van der Waals surface area (Å²) in [5, 5.41) is 12.0. The Kier molecular flexibility index (Phi) is 4.43. The third-order valence-electron chi connectivity index (χ3n) is 4.07. The van der Waals surface area contributed by atoms with Gasteiger partial charge >= 0.3 is 0 Å². The van der Waals surface area contributed by atoms with Crippen molar-refractivity contribution in [2.75, 3.05) is 20.1 Å². The Morgan fingerprint density at radius 1 is 1.32 bits per heavy atom. The number of carbonyl (C=O) groups is 1. The van der Waals surface area contributed by atoms with Gasteiger partial charge in [0.15, 0.2) is 0 Å². The molecule has 0 radical (unpaired) electrons. The van der Waals surface area contributed by atoms with Crippen molar-refractivity contribution in [2.45, 2.75) is 25.8 Å². The molecule has 0 aliphatic carbocycles. The molecule has 0 aromatic heterocycles. The Morgan fingerprint density at radius 2 is 1.89 bits per heavy atom. The Bertz CT molecular complexity index is 422. The fourth-order valence-electron chi connectivity index (χ4n) is 2.72. The van der Waals surface area contributed by atoms with Gasteiger partial charge in [-0.25, -0.2) is 0 Å². The molecule has 1 aromatic rings. The quantitative estimate of drug-likeness (QED) is 0.875. The van der Waals surface area contributed by atoms with Gasteiger partial charge in [0.25, 0.3) is 0 Å². The van der Waals surface area contributed by atoms with Crippen LogP contribution in [0.25, 0.3) is 0 Å². The molecule has 1 heterocycles. The van der Waals surface area contributed by atoms with Crippen LogP contribution in [0.2, 0.25) is 0 Å². The maximum absolute atomic E-state index is 11.6. The summed E-state index contributed by atoms with van der Waals surface area (Å²) in [6.07, 6.45) is 1.84. The fraction of sp³-hybridized carbons (Fsp3) is 0.533. The molecule has 1 fully saturated rings. The summed E-state index contributed by atoms with van der Waals surface area (Å²) in [6, 6.07) is 7.70. The van der Waals surface area contributed by atoms with E-state index in [0.717, 1.165) is 25.9 Å². The molecule has 1 amide bonds. The maximum atomic E-state index is 11.6. The second-order valence-corrected chi connectivity index (χ2v) is 5.19. The number of amides is 1. The van der Waals surface area contributed by atoms with E-state index in [1.54, 1.807) is 19.2 Å². The predicted molar refractivity (Wildman–Crippen MR) is 74.9 cm³/mol. The van der Waals surface area contributed by atoms with Crippen LogP contribution in [0.15, 0.2) is 24.3 Å². The number of piperidine rings is 1. The van der Waals surface area contributed by atoms with E-state index < -0.39 is 0 Å². The number of phenolic OH excluding ortho intramolecular Hbond substituents is 1. The number of likely N-dealkylation sites (tertiary alicyclic amines) is 1. The molecule has 1 aliphatic heterocycles. The molecule has 0 saturated carbocycles. The van der Waals surface area contributed by atoms with Gasteiger partial charge in [0, 0.05) is 19.0 Å². The molecular formula is C15H22N2O2. The van der Waals surface area contributed by atoms with Crippen molar-refractivity contribution >= 4 is 5.91 Å². The van der Waals surface area contributed by atoms with Gasteiger partial charge in [0.1, 0.15) is 5.75 Å². The zero-order valence-electron chi connectivity index (χ0n) is 11.6. The number of nitrogens with zero attached hydrogens (tertiary/aromatic N) is 1. The first-order valence-electron chi connectivity index (χ1n) is 6.86. The van der Waals surface area contributed by atoms with Crippen LogP contribution in [0.4, 0.5) is 0 Å². The number of carbonyl (C=O) groups excluding carboxylic acids is 1. The van der Waals surface area contributed by atoms with Crippen molar-refractivity contribution in [1.82, 2.24) is 10.2 Å². The number of phenols is 1. The lowest BCUT2D eigenvalue weighted by molar-refractivity contribution is -0.126. The first kappa shape index (κ1) is 13.9. The van der Waals surface area contributed by atoms with E-state index in [9.17, 15) is 9.90 Å². The Hall–Kier alpha value is -1.55. The molecular weight excluding hydrogens is 240 g/mol. The van der Waals surface area contributed by atoms with Gasteiger partial charge in [-0.1, -0.05) is 12.1 Å². The van der Waals surface area contributed by atoms with E-state index in [2.05, 4.69) is 17.1 Å². The fourth-order valence-corrected chi connectivity index (χ4v) is 2.72. The first-order valence-corrected chi connectivity index (χ1v) is 6.86. The van der Waals surface area contributed by atoms with Gasteiger partial charge in [0.05, 0.1) is 0 Å². The van der Waals surface area contributed by atoms with Crippen LogP contribution >= 0.6 is 0 Å². The summed E-state index contributed by atoms with van der Waals surface area (Å²) in [5.74, 6) is 0.625. The summed E-state index contributed by atoms with van der Waals surface area (Å²) < 4.78 is 0. The van der Waals surface area contributed by atoms with E-state index in [4.69, 9.17) is 0 Å². The minimum atomic E-state index is 0.160. The van der Waals surface area contributed by atoms with Gasteiger partial charge in [0.2, 0.25) is 5.91 Å². The maximum Gasteiger partial charge on any atom is 0.222 e. The summed E-state index contributed by atoms with van der Waals surface area (Å²) in [4.78, 5) is 14.0. The van der Waals surface area contributed by atoms with Crippen molar-refractivity contribution in [2.24, 2.45) is 5.92 Å². The number of nitrogens with one attached hydrogen (secondary N) is 1. The van der Waals surface area contributed by atoms with E-state index in [-0.39, 0.29) is 11.8 Å². The molecule has 1 atom stereocenters. The molecule has 2 N–H and O–H groups in total. The molecule has 19 heavy (non-hydrogen) atoms. The summed E-state index contributed by atoms with van der Waals surface area (Å²) in [7, 11) is 1.70. The average Bonchev–Trinajstić information content (AvgIpc) is 2.46. The van der Waals surface area contributed by atoms with Gasteiger partial charge in [-0.3, -0.25) is 9.69 Å². The van der Waals surface area contributed by atoms with Crippen LogP contribution in [-0.2, 0) is 4.79 Å². The molecule has 2 rings (SSSR count). The number of aromatic hydroxyl groups is 1. The number of rotatable bonds is 3. The highest BCUT2D eigenvalue weighted by Gasteiger charge is 2.26. The van der Waals surface area contributed by atoms with Gasteiger partial charge < -0.3 is 10.4 Å². The summed E-state index contributed by atoms with van der Waals surface area (Å²) in [5.41, 5.74) is 1.20. The van der Waals surface area contributed by atoms with Crippen LogP contribution in [0.5, 0.6) is 5.75 Å². The van der Waals surface area contributed by atoms with Gasteiger partial charge in [-0.15, -0.1) is 0 Å². The number of benzene rings is 1. The van der Waals surface area contributed by atoms with E-state index >= 15 is 0 Å². The number of hydrogen-bond donors (Lipinski definition) is 2. The summed E-state index contributed by atoms with van der Waals surface area (Å²) >= 11 is 0. The third kappa shape index (κ3) is 3.26. The molecule has 1 aromatic carbocycles. The highest BCUT2D eigenvalue weighted by Crippen LogP contribution is 2.27. The van der Waals surface area contributed by atoms with Crippen molar-refractivity contribution < 1.29 is 9.90 Å². The Morgan fingerprint density at radius 3 is 2.42 bits per heavy atom. The average molecular weight is 262 g/mol. The zero-order valence-corrected chi connectivity index (χ0v) is 11.6. The normalized spacial score (nSPS) is 19.1. The second-order valence-electron chi connectivity index (χ2n) is 5.19. The number of hydrogen-bond acceptors (Lipinski definition) is 3. The third-order valence-corrected chi connectivity index (χ3v) is 4.07. The Balaban J connectivity index is 1.94. The van der Waals surface area contributed by atoms with Gasteiger partial charge in [-0.2, -0.15) is 0 Å². The van der Waals surface area contributed by atoms with E-state index in [1.165, 1.54) is 5.56 Å². The van der Waals surface area contributed by atoms with Crippen molar-refractivity contribution in [1.29, 1.82) is 0 Å². The topological polar surface area (TPSA) is 52.6 Å². The molecule has 0 bridgehead atoms. The molecule has 1 unspecified atom stereocenters. The lowest BCUT2D eigenvalue weighted by Crippen LogP contribution is -2.40. The minimum Gasteiger partial charge on any atom is -0.508 e. The van der Waals surface area contributed by atoms with E-state index in [0.29, 0.717) is 11.8 Å². The Labute approximate surface area is 114 Å². The molecule has 104 valence electrons. The van der Waals surface area contributed by atoms with Crippen molar-refractivity contribution in [3.05, 3.63) is 29.8 Å². The van der Waals surface area contributed by atoms with Crippen LogP contribution in [-0.4, -0.2) is 36.1 Å². The monoisotopic (exact) mass is 262 g/mol. The van der Waals surface area contributed by atoms with Gasteiger partial charge in [-0.05, 0) is 50.6 Å². The zero-order chi connectivity index (χ0) is 13.8. The van der Waals surface area contributed by atoms with Crippen LogP contribution < -0.4 is 5.32 Å². The highest BCUT2D eigenvalue weighted by atomic mass is 16.3. The van der Waals surface area contributed by atoms with Crippen molar-refractivity contribution in [3.8, 4) is 5.75 Å². The molecule has 1 saturated heterocycles. The lowest BCUT2D eigenvalue weighted by atomic mass is 9.94. The largest absolute Gasteiger partial charge is 0.508 e. The first-order chi connectivity index (χ1) is 9.11. The SMILES string of the molecule is CNC(=O)C1CCN(C(C)c2ccc(O)cc2)CC1. The standard InChI is InChI=1S/C15H22N2O2/c1-11(12-3-5-14(18)6-4-12)17-9-7-13(8-10-17)15(19)16-2/h3-6,11,13,18H,7-10H2,1-2H3,(H,16,19). The van der Waals surface area contributed by atoms with Crippen LogP contribution in [0.1, 0.15) is 31.4 Å². The minimum absolute atomic E-state index is 0.160. The second kappa shape index (κ2) is 6.06. The van der Waals surface area contributed by atoms with Crippen LogP contribution in [0.3, 0.4) is 0 Å². The smallest absolute Gasteiger partial charge is 0.222 e. The van der Waals surface area contributed by atoms with Crippen LogP contribution in [0, 0.1) is 5.92 Å². The molecule has 4 heteroatoms. The molecule has 1 aliphatic rings. The lowest BCUT2D eigenvalue weighted by Gasteiger charge is -2.35. The predicted octanol–water partition coefficient (Wildman–Crippen LogP) is 1.91. The van der Waals surface area contributed by atoms with E-state index in [1.807, 2.05) is 12.1 Å². The summed E-state index contributed by atoms with van der Waals surface area (Å²) in [6.45, 7) is 4.06.